The number of fused-ring (bicyclic) bond motifs is 3. The molecule has 1 aliphatic heterocycles. The van der Waals surface area contributed by atoms with E-state index in [9.17, 15) is 19.2 Å². The Morgan fingerprint density at radius 1 is 0.939 bits per heavy atom. The molecule has 1 aliphatic carbocycles. The molecule has 1 aromatic carbocycles. The quantitative estimate of drug-likeness (QED) is 0.330. The van der Waals surface area contributed by atoms with Crippen LogP contribution >= 0.6 is 11.3 Å². The van der Waals surface area contributed by atoms with E-state index in [1.807, 2.05) is 44.2 Å². The maximum absolute atomic E-state index is 13.8. The van der Waals surface area contributed by atoms with E-state index in [1.54, 1.807) is 21.9 Å². The number of aryl methyl sites for hydroxylation is 1. The summed E-state index contributed by atoms with van der Waals surface area (Å²) in [7, 11) is 0. The molecule has 49 heavy (non-hydrogen) atoms. The number of nitrogens with one attached hydrogen (secondary N) is 3. The summed E-state index contributed by atoms with van der Waals surface area (Å²) in [5.74, 6) is 0.378. The predicted octanol–water partition coefficient (Wildman–Crippen LogP) is 4.52. The zero-order chi connectivity index (χ0) is 35.1. The van der Waals surface area contributed by atoms with Crippen molar-refractivity contribution >= 4 is 35.0 Å². The van der Waals surface area contributed by atoms with E-state index in [2.05, 4.69) is 39.9 Å². The third-order valence-corrected chi connectivity index (χ3v) is 10.2. The summed E-state index contributed by atoms with van der Waals surface area (Å²) in [5, 5.41) is 16.2. The van der Waals surface area contributed by atoms with Crippen LogP contribution in [0.3, 0.4) is 0 Å². The summed E-state index contributed by atoms with van der Waals surface area (Å²) in [6.45, 7) is 9.81. The van der Waals surface area contributed by atoms with Gasteiger partial charge in [0.15, 0.2) is 5.82 Å². The molecule has 12 nitrogen and oxygen atoms in total. The Bertz CT molecular complexity index is 1600. The molecule has 2 bridgehead atoms. The highest BCUT2D eigenvalue weighted by molar-refractivity contribution is 7.09. The van der Waals surface area contributed by atoms with Crippen molar-refractivity contribution in [2.24, 2.45) is 17.8 Å². The van der Waals surface area contributed by atoms with Gasteiger partial charge in [0.05, 0.1) is 18.6 Å². The number of hydrogen-bond donors (Lipinski definition) is 3. The third-order valence-electron chi connectivity index (χ3n) is 9.29. The molecule has 13 heteroatoms. The van der Waals surface area contributed by atoms with Crippen LogP contribution in [0, 0.1) is 24.7 Å². The van der Waals surface area contributed by atoms with Crippen molar-refractivity contribution < 1.29 is 19.2 Å². The normalized spacial score (nSPS) is 21.6. The van der Waals surface area contributed by atoms with Crippen LogP contribution in [0.5, 0.6) is 0 Å². The third kappa shape index (κ3) is 9.96. The SMILES string of the molecule is Cc1nc2n(n1)CC(=O)N[C@@H](C(C)C)CN(C(=O)CC1CCCC1)CC(=O)N[C@@H](CC(C)C)c1nc(cs1)C(=O)N[C@H]2Cc1ccccc1. The van der Waals surface area contributed by atoms with Crippen LogP contribution in [0.2, 0.25) is 0 Å². The maximum atomic E-state index is 13.8. The molecule has 0 spiro atoms. The van der Waals surface area contributed by atoms with Crippen LogP contribution < -0.4 is 16.0 Å². The summed E-state index contributed by atoms with van der Waals surface area (Å²) in [4.78, 5) is 65.9. The molecule has 4 amide bonds. The Kier molecular flexibility index (Phi) is 12.2. The smallest absolute Gasteiger partial charge is 0.271 e. The standard InChI is InChI=1S/C36H50N8O4S/c1-22(2)15-28-36-41-30(21-49-36)35(48)40-27(16-25-11-7-6-8-12-25)34-37-24(5)42-44(34)20-32(46)39-29(23(3)4)18-43(19-31(45)38-28)33(47)17-26-13-9-10-14-26/h6-8,11-12,21-23,26-29H,9-10,13-20H2,1-5H3,(H,38,45)(H,39,46)(H,40,48)/t27-,28-,29+/m0/s1. The average Bonchev–Trinajstić information content (AvgIpc) is 3.81. The van der Waals surface area contributed by atoms with E-state index < -0.39 is 18.1 Å². The second-order valence-electron chi connectivity index (χ2n) is 14.3. The molecule has 3 atom stereocenters. The van der Waals surface area contributed by atoms with Crippen LogP contribution in [0.25, 0.3) is 0 Å². The number of rotatable bonds is 7. The molecule has 5 rings (SSSR count). The van der Waals surface area contributed by atoms with Crippen molar-refractivity contribution in [2.75, 3.05) is 13.1 Å². The lowest BCUT2D eigenvalue weighted by atomic mass is 10.0. The molecule has 3 N–H and O–H groups in total. The lowest BCUT2D eigenvalue weighted by molar-refractivity contribution is -0.138. The largest absolute Gasteiger partial charge is 0.350 e. The van der Waals surface area contributed by atoms with Crippen molar-refractivity contribution in [1.29, 1.82) is 0 Å². The van der Waals surface area contributed by atoms with Gasteiger partial charge < -0.3 is 20.9 Å². The van der Waals surface area contributed by atoms with Gasteiger partial charge >= 0.3 is 0 Å². The highest BCUT2D eigenvalue weighted by Crippen LogP contribution is 2.29. The molecular formula is C36H50N8O4S. The van der Waals surface area contributed by atoms with Crippen LogP contribution in [-0.4, -0.2) is 67.4 Å². The van der Waals surface area contributed by atoms with E-state index in [0.29, 0.717) is 41.8 Å². The lowest BCUT2D eigenvalue weighted by Crippen LogP contribution is -2.52. The topological polar surface area (TPSA) is 151 Å². The second-order valence-corrected chi connectivity index (χ2v) is 15.1. The van der Waals surface area contributed by atoms with Crippen molar-refractivity contribution in [2.45, 2.75) is 104 Å². The number of aromatic nitrogens is 4. The van der Waals surface area contributed by atoms with Crippen molar-refractivity contribution in [1.82, 2.24) is 40.6 Å². The Balaban J connectivity index is 1.52. The molecule has 0 radical (unpaired) electrons. The predicted molar refractivity (Wildman–Crippen MR) is 187 cm³/mol. The van der Waals surface area contributed by atoms with Gasteiger partial charge in [0, 0.05) is 24.4 Å². The number of amides is 4. The van der Waals surface area contributed by atoms with Crippen LogP contribution in [0.4, 0.5) is 0 Å². The van der Waals surface area contributed by atoms with E-state index in [4.69, 9.17) is 4.98 Å². The minimum Gasteiger partial charge on any atom is -0.350 e. The Morgan fingerprint density at radius 3 is 2.35 bits per heavy atom. The zero-order valence-electron chi connectivity index (χ0n) is 29.3. The van der Waals surface area contributed by atoms with Crippen molar-refractivity contribution in [3.05, 3.63) is 63.6 Å². The molecule has 1 saturated carbocycles. The van der Waals surface area contributed by atoms with Gasteiger partial charge in [-0.2, -0.15) is 5.10 Å². The Morgan fingerprint density at radius 2 is 1.65 bits per heavy atom. The van der Waals surface area contributed by atoms with Gasteiger partial charge in [-0.05, 0) is 55.9 Å². The Hall–Kier alpha value is -4.13. The number of carbonyl (C=O) groups excluding carboxylic acids is 4. The fourth-order valence-electron chi connectivity index (χ4n) is 6.69. The van der Waals surface area contributed by atoms with Gasteiger partial charge in [-0.1, -0.05) is 70.9 Å². The van der Waals surface area contributed by atoms with E-state index >= 15 is 0 Å². The first-order valence-corrected chi connectivity index (χ1v) is 18.4. The Labute approximate surface area is 292 Å². The maximum Gasteiger partial charge on any atom is 0.271 e. The van der Waals surface area contributed by atoms with Gasteiger partial charge in [0.25, 0.3) is 5.91 Å². The molecule has 0 saturated heterocycles. The molecule has 3 heterocycles. The fraction of sp³-hybridized carbons (Fsp3) is 0.583. The average molecular weight is 691 g/mol. The first kappa shape index (κ1) is 36.2. The molecule has 3 aromatic rings. The number of hydrogen-bond acceptors (Lipinski definition) is 8. The van der Waals surface area contributed by atoms with Crippen LogP contribution in [0.15, 0.2) is 35.7 Å². The number of benzene rings is 1. The number of nitrogens with zero attached hydrogens (tertiary/aromatic N) is 5. The summed E-state index contributed by atoms with van der Waals surface area (Å²) in [6.07, 6.45) is 5.67. The van der Waals surface area contributed by atoms with Crippen molar-refractivity contribution in [3.63, 3.8) is 0 Å². The minimum absolute atomic E-state index is 0.0242. The summed E-state index contributed by atoms with van der Waals surface area (Å²) < 4.78 is 1.54. The minimum atomic E-state index is -0.608. The van der Waals surface area contributed by atoms with Gasteiger partial charge in [0.2, 0.25) is 17.7 Å². The monoisotopic (exact) mass is 690 g/mol. The van der Waals surface area contributed by atoms with Gasteiger partial charge in [0.1, 0.15) is 23.1 Å². The second kappa shape index (κ2) is 16.5. The van der Waals surface area contributed by atoms with Crippen molar-refractivity contribution in [3.8, 4) is 0 Å². The van der Waals surface area contributed by atoms with Gasteiger partial charge in [-0.15, -0.1) is 11.3 Å². The van der Waals surface area contributed by atoms with Crippen LogP contribution in [0.1, 0.15) is 111 Å². The highest BCUT2D eigenvalue weighted by atomic mass is 32.1. The molecule has 2 aliphatic rings. The summed E-state index contributed by atoms with van der Waals surface area (Å²) in [5.41, 5.74) is 1.21. The summed E-state index contributed by atoms with van der Waals surface area (Å²) in [6, 6.07) is 8.31. The number of carbonyl (C=O) groups is 4. The van der Waals surface area contributed by atoms with Crippen LogP contribution in [-0.2, 0) is 27.3 Å². The summed E-state index contributed by atoms with van der Waals surface area (Å²) >= 11 is 1.32. The van der Waals surface area contributed by atoms with E-state index in [1.165, 1.54) is 11.3 Å². The molecule has 264 valence electrons. The fourth-order valence-corrected chi connectivity index (χ4v) is 7.55. The first-order chi connectivity index (χ1) is 23.4. The first-order valence-electron chi connectivity index (χ1n) is 17.5. The van der Waals surface area contributed by atoms with Gasteiger partial charge in [-0.3, -0.25) is 19.2 Å². The zero-order valence-corrected chi connectivity index (χ0v) is 30.1. The molecule has 1 fully saturated rings. The molecular weight excluding hydrogens is 641 g/mol. The lowest BCUT2D eigenvalue weighted by Gasteiger charge is -2.31. The van der Waals surface area contributed by atoms with Gasteiger partial charge in [-0.25, -0.2) is 14.6 Å². The van der Waals surface area contributed by atoms with E-state index in [-0.39, 0.29) is 60.8 Å². The van der Waals surface area contributed by atoms with E-state index in [0.717, 1.165) is 31.2 Å². The molecule has 2 aromatic heterocycles. The highest BCUT2D eigenvalue weighted by Gasteiger charge is 2.31. The molecule has 0 unspecified atom stereocenters. The number of thiazole rings is 1.